The molecule has 0 radical (unpaired) electrons. The Kier molecular flexibility index (Phi) is 4.17. The standard InChI is InChI=1S/C13H24N2O2/c1-5-10(12(14)17)15-8-9(6-11(15)16)7-13(2,3)4/h9-10H,5-8H2,1-4H3,(H2,14,17). The van der Waals surface area contributed by atoms with E-state index in [1.165, 1.54) is 0 Å². The van der Waals surface area contributed by atoms with Crippen LogP contribution in [0.3, 0.4) is 0 Å². The van der Waals surface area contributed by atoms with E-state index in [0.29, 0.717) is 25.3 Å². The molecule has 1 heterocycles. The average Bonchev–Trinajstić information content (AvgIpc) is 2.44. The zero-order valence-corrected chi connectivity index (χ0v) is 11.3. The molecule has 0 bridgehead atoms. The number of likely N-dealkylation sites (tertiary alicyclic amines) is 1. The number of hydrogen-bond donors (Lipinski definition) is 1. The molecule has 0 aliphatic carbocycles. The second-order valence-electron chi connectivity index (χ2n) is 6.21. The lowest BCUT2D eigenvalue weighted by Crippen LogP contribution is -2.45. The lowest BCUT2D eigenvalue weighted by Gasteiger charge is -2.26. The van der Waals surface area contributed by atoms with E-state index in [2.05, 4.69) is 20.8 Å². The van der Waals surface area contributed by atoms with Gasteiger partial charge in [-0.15, -0.1) is 0 Å². The number of hydrogen-bond acceptors (Lipinski definition) is 2. The van der Waals surface area contributed by atoms with Crippen molar-refractivity contribution in [2.75, 3.05) is 6.54 Å². The van der Waals surface area contributed by atoms with Gasteiger partial charge in [0, 0.05) is 13.0 Å². The highest BCUT2D eigenvalue weighted by molar-refractivity contribution is 5.87. The molecule has 0 aromatic carbocycles. The molecule has 4 nitrogen and oxygen atoms in total. The molecule has 2 amide bonds. The Bertz CT molecular complexity index is 307. The normalized spacial score (nSPS) is 22.9. The first-order chi connectivity index (χ1) is 7.74. The highest BCUT2D eigenvalue weighted by Crippen LogP contribution is 2.32. The Morgan fingerprint density at radius 2 is 2.12 bits per heavy atom. The van der Waals surface area contributed by atoms with E-state index in [1.807, 2.05) is 6.92 Å². The molecule has 0 spiro atoms. The van der Waals surface area contributed by atoms with Crippen molar-refractivity contribution < 1.29 is 9.59 Å². The molecule has 1 fully saturated rings. The number of nitrogens with two attached hydrogens (primary N) is 1. The molecule has 1 aliphatic rings. The Hall–Kier alpha value is -1.06. The van der Waals surface area contributed by atoms with Gasteiger partial charge in [-0.3, -0.25) is 9.59 Å². The van der Waals surface area contributed by atoms with Gasteiger partial charge in [-0.25, -0.2) is 0 Å². The predicted molar refractivity (Wildman–Crippen MR) is 67.2 cm³/mol. The molecule has 17 heavy (non-hydrogen) atoms. The first-order valence-corrected chi connectivity index (χ1v) is 6.33. The minimum atomic E-state index is -0.424. The van der Waals surface area contributed by atoms with Crippen molar-refractivity contribution in [3.8, 4) is 0 Å². The van der Waals surface area contributed by atoms with Crippen LogP contribution in [0.4, 0.5) is 0 Å². The van der Waals surface area contributed by atoms with E-state index in [4.69, 9.17) is 5.73 Å². The fourth-order valence-corrected chi connectivity index (χ4v) is 2.69. The van der Waals surface area contributed by atoms with E-state index in [-0.39, 0.29) is 11.3 Å². The smallest absolute Gasteiger partial charge is 0.240 e. The van der Waals surface area contributed by atoms with Crippen LogP contribution >= 0.6 is 0 Å². The van der Waals surface area contributed by atoms with E-state index < -0.39 is 11.9 Å². The van der Waals surface area contributed by atoms with Crippen LogP contribution in [0.5, 0.6) is 0 Å². The summed E-state index contributed by atoms with van der Waals surface area (Å²) in [5.74, 6) is 0.0399. The van der Waals surface area contributed by atoms with E-state index in [1.54, 1.807) is 4.90 Å². The van der Waals surface area contributed by atoms with Crippen LogP contribution in [0.2, 0.25) is 0 Å². The first-order valence-electron chi connectivity index (χ1n) is 6.33. The second-order valence-corrected chi connectivity index (χ2v) is 6.21. The third kappa shape index (κ3) is 3.72. The fraction of sp³-hybridized carbons (Fsp3) is 0.846. The highest BCUT2D eigenvalue weighted by Gasteiger charge is 2.37. The highest BCUT2D eigenvalue weighted by atomic mass is 16.2. The number of amides is 2. The molecule has 0 saturated carbocycles. The maximum absolute atomic E-state index is 11.9. The topological polar surface area (TPSA) is 63.4 Å². The van der Waals surface area contributed by atoms with Gasteiger partial charge in [0.1, 0.15) is 6.04 Å². The number of nitrogens with zero attached hydrogens (tertiary/aromatic N) is 1. The van der Waals surface area contributed by atoms with Crippen molar-refractivity contribution in [2.45, 2.75) is 53.0 Å². The summed E-state index contributed by atoms with van der Waals surface area (Å²) in [5.41, 5.74) is 5.55. The van der Waals surface area contributed by atoms with E-state index in [9.17, 15) is 9.59 Å². The molecule has 1 rings (SSSR count). The molecule has 1 aliphatic heterocycles. The van der Waals surface area contributed by atoms with Gasteiger partial charge < -0.3 is 10.6 Å². The van der Waals surface area contributed by atoms with Crippen LogP contribution in [0.1, 0.15) is 47.0 Å². The van der Waals surface area contributed by atoms with Crippen LogP contribution < -0.4 is 5.73 Å². The lowest BCUT2D eigenvalue weighted by atomic mass is 9.84. The SMILES string of the molecule is CCC(C(N)=O)N1CC(CC(C)(C)C)CC1=O. The number of primary amides is 1. The second kappa shape index (κ2) is 5.07. The quantitative estimate of drug-likeness (QED) is 0.810. The molecule has 0 aromatic rings. The summed E-state index contributed by atoms with van der Waals surface area (Å²) in [4.78, 5) is 24.8. The van der Waals surface area contributed by atoms with Gasteiger partial charge >= 0.3 is 0 Å². The molecule has 2 N–H and O–H groups in total. The Labute approximate surface area is 104 Å². The van der Waals surface area contributed by atoms with Gasteiger partial charge in [0.15, 0.2) is 0 Å². The van der Waals surface area contributed by atoms with Crippen LogP contribution in [-0.2, 0) is 9.59 Å². The van der Waals surface area contributed by atoms with E-state index in [0.717, 1.165) is 6.42 Å². The summed E-state index contributed by atoms with van der Waals surface area (Å²) < 4.78 is 0. The largest absolute Gasteiger partial charge is 0.368 e. The molecule has 2 unspecified atom stereocenters. The lowest BCUT2D eigenvalue weighted by molar-refractivity contribution is -0.136. The Balaban J connectivity index is 2.67. The Morgan fingerprint density at radius 3 is 2.53 bits per heavy atom. The fourth-order valence-electron chi connectivity index (χ4n) is 2.69. The summed E-state index contributed by atoms with van der Waals surface area (Å²) in [6.07, 6.45) is 2.16. The number of rotatable bonds is 4. The third-order valence-electron chi connectivity index (χ3n) is 3.23. The summed E-state index contributed by atoms with van der Waals surface area (Å²) in [7, 11) is 0. The molecular weight excluding hydrogens is 216 g/mol. The van der Waals surface area contributed by atoms with Crippen molar-refractivity contribution in [3.05, 3.63) is 0 Å². The summed E-state index contributed by atoms with van der Waals surface area (Å²) in [6.45, 7) is 9.08. The van der Waals surface area contributed by atoms with Crippen molar-refractivity contribution in [3.63, 3.8) is 0 Å². The third-order valence-corrected chi connectivity index (χ3v) is 3.23. The zero-order valence-electron chi connectivity index (χ0n) is 11.3. The van der Waals surface area contributed by atoms with Crippen molar-refractivity contribution in [1.29, 1.82) is 0 Å². The predicted octanol–water partition coefficient (Wildman–Crippen LogP) is 1.53. The van der Waals surface area contributed by atoms with Gasteiger partial charge in [-0.1, -0.05) is 27.7 Å². The van der Waals surface area contributed by atoms with Crippen LogP contribution in [0.25, 0.3) is 0 Å². The summed E-state index contributed by atoms with van der Waals surface area (Å²) >= 11 is 0. The monoisotopic (exact) mass is 240 g/mol. The van der Waals surface area contributed by atoms with E-state index >= 15 is 0 Å². The number of carbonyl (C=O) groups is 2. The van der Waals surface area contributed by atoms with Gasteiger partial charge in [-0.2, -0.15) is 0 Å². The molecule has 2 atom stereocenters. The summed E-state index contributed by atoms with van der Waals surface area (Å²) in [5, 5.41) is 0. The Morgan fingerprint density at radius 1 is 1.53 bits per heavy atom. The van der Waals surface area contributed by atoms with Gasteiger partial charge in [0.2, 0.25) is 11.8 Å². The van der Waals surface area contributed by atoms with Crippen LogP contribution in [0.15, 0.2) is 0 Å². The maximum atomic E-state index is 11.9. The van der Waals surface area contributed by atoms with Crippen molar-refractivity contribution in [2.24, 2.45) is 17.1 Å². The minimum Gasteiger partial charge on any atom is -0.368 e. The molecule has 0 aromatic heterocycles. The first kappa shape index (κ1) is 14.0. The van der Waals surface area contributed by atoms with Gasteiger partial charge in [0.05, 0.1) is 0 Å². The molecular formula is C13H24N2O2. The van der Waals surface area contributed by atoms with Gasteiger partial charge in [-0.05, 0) is 24.2 Å². The molecule has 1 saturated heterocycles. The minimum absolute atomic E-state index is 0.0740. The summed E-state index contributed by atoms with van der Waals surface area (Å²) in [6, 6.07) is -0.424. The maximum Gasteiger partial charge on any atom is 0.240 e. The van der Waals surface area contributed by atoms with Crippen LogP contribution in [0, 0.1) is 11.3 Å². The van der Waals surface area contributed by atoms with Crippen LogP contribution in [-0.4, -0.2) is 29.3 Å². The molecule has 4 heteroatoms. The van der Waals surface area contributed by atoms with Crippen molar-refractivity contribution >= 4 is 11.8 Å². The van der Waals surface area contributed by atoms with Gasteiger partial charge in [0.25, 0.3) is 0 Å². The molecule has 98 valence electrons. The number of carbonyl (C=O) groups excluding carboxylic acids is 2. The van der Waals surface area contributed by atoms with Crippen molar-refractivity contribution in [1.82, 2.24) is 4.90 Å². The average molecular weight is 240 g/mol. The zero-order chi connectivity index (χ0) is 13.2.